The summed E-state index contributed by atoms with van der Waals surface area (Å²) in [5, 5.41) is 3.48. The molecule has 0 unspecified atom stereocenters. The van der Waals surface area contributed by atoms with E-state index in [9.17, 15) is 4.79 Å². The van der Waals surface area contributed by atoms with Gasteiger partial charge in [0.05, 0.1) is 5.02 Å². The minimum Gasteiger partial charge on any atom is -0.453 e. The monoisotopic (exact) mass is 378 g/mol. The van der Waals surface area contributed by atoms with Gasteiger partial charge in [-0.15, -0.1) is 0 Å². The Bertz CT molecular complexity index is 740. The number of carbonyl (C=O) groups excluding carboxylic acids is 1. The van der Waals surface area contributed by atoms with Crippen molar-refractivity contribution in [1.29, 1.82) is 0 Å². The van der Waals surface area contributed by atoms with Gasteiger partial charge in [0, 0.05) is 24.1 Å². The Balaban J connectivity index is 2.31. The highest BCUT2D eigenvalue weighted by molar-refractivity contribution is 6.32. The molecule has 26 heavy (non-hydrogen) atoms. The van der Waals surface area contributed by atoms with E-state index in [2.05, 4.69) is 5.32 Å². The van der Waals surface area contributed by atoms with Gasteiger partial charge in [-0.2, -0.15) is 0 Å². The lowest BCUT2D eigenvalue weighted by molar-refractivity contribution is -0.118. The lowest BCUT2D eigenvalue weighted by atomic mass is 9.99. The summed E-state index contributed by atoms with van der Waals surface area (Å²) in [6.45, 7) is 3.87. The Hall–Kier alpha value is -2.11. The minimum absolute atomic E-state index is 0.000763. The summed E-state index contributed by atoms with van der Waals surface area (Å²) in [6.07, 6.45) is 1.73. The maximum atomic E-state index is 15.2. The zero-order chi connectivity index (χ0) is 19.1. The average molecular weight is 379 g/mol. The third-order valence-electron chi connectivity index (χ3n) is 3.99. The molecule has 2 rings (SSSR count). The SMILES string of the molecule is CCC[C@@H](N[C@H](C)CC(N)=O)c1ccc(Cl)c(Oc2ccccc2)c1F. The molecule has 2 aromatic carbocycles. The first-order valence-corrected chi connectivity index (χ1v) is 9.05. The summed E-state index contributed by atoms with van der Waals surface area (Å²) in [6, 6.07) is 11.8. The van der Waals surface area contributed by atoms with E-state index < -0.39 is 11.7 Å². The Kier molecular flexibility index (Phi) is 7.42. The summed E-state index contributed by atoms with van der Waals surface area (Å²) in [5.74, 6) is -0.392. The molecule has 0 saturated carbocycles. The van der Waals surface area contributed by atoms with Crippen molar-refractivity contribution in [2.75, 3.05) is 0 Å². The van der Waals surface area contributed by atoms with Crippen LogP contribution in [0.15, 0.2) is 42.5 Å². The van der Waals surface area contributed by atoms with E-state index in [1.54, 1.807) is 36.4 Å². The second kappa shape index (κ2) is 9.55. The molecular weight excluding hydrogens is 355 g/mol. The Morgan fingerprint density at radius 3 is 2.58 bits per heavy atom. The molecule has 0 aromatic heterocycles. The van der Waals surface area contributed by atoms with Crippen LogP contribution in [0.1, 0.15) is 44.7 Å². The van der Waals surface area contributed by atoms with E-state index >= 15 is 4.39 Å². The topological polar surface area (TPSA) is 64.3 Å². The molecule has 0 fully saturated rings. The van der Waals surface area contributed by atoms with Crippen LogP contribution < -0.4 is 15.8 Å². The predicted octanol–water partition coefficient (Wildman–Crippen LogP) is 4.97. The van der Waals surface area contributed by atoms with Gasteiger partial charge in [0.25, 0.3) is 0 Å². The molecule has 0 spiro atoms. The molecule has 0 saturated heterocycles. The number of hydrogen-bond donors (Lipinski definition) is 2. The summed E-state index contributed by atoms with van der Waals surface area (Å²) < 4.78 is 20.8. The van der Waals surface area contributed by atoms with Crippen LogP contribution >= 0.6 is 11.6 Å². The number of benzene rings is 2. The van der Waals surface area contributed by atoms with Crippen molar-refractivity contribution in [2.24, 2.45) is 5.73 Å². The first-order valence-electron chi connectivity index (χ1n) is 8.67. The van der Waals surface area contributed by atoms with Crippen molar-refractivity contribution < 1.29 is 13.9 Å². The van der Waals surface area contributed by atoms with Crippen LogP contribution in [-0.4, -0.2) is 11.9 Å². The van der Waals surface area contributed by atoms with Crippen molar-refractivity contribution in [1.82, 2.24) is 5.32 Å². The zero-order valence-corrected chi connectivity index (χ0v) is 15.7. The number of amides is 1. The van der Waals surface area contributed by atoms with E-state index in [1.807, 2.05) is 19.9 Å². The Labute approximate surface area is 158 Å². The average Bonchev–Trinajstić information content (AvgIpc) is 2.58. The number of hydrogen-bond acceptors (Lipinski definition) is 3. The van der Waals surface area contributed by atoms with Gasteiger partial charge in [0.1, 0.15) is 5.75 Å². The molecule has 140 valence electrons. The normalized spacial score (nSPS) is 13.2. The molecule has 6 heteroatoms. The quantitative estimate of drug-likeness (QED) is 0.647. The van der Waals surface area contributed by atoms with Crippen molar-refractivity contribution in [2.45, 2.75) is 45.2 Å². The summed E-state index contributed by atoms with van der Waals surface area (Å²) >= 11 is 6.16. The first kappa shape index (κ1) is 20.2. The van der Waals surface area contributed by atoms with Crippen LogP contribution in [-0.2, 0) is 4.79 Å². The molecule has 0 aliphatic rings. The molecule has 0 aliphatic heterocycles. The van der Waals surface area contributed by atoms with Gasteiger partial charge in [-0.3, -0.25) is 4.79 Å². The maximum Gasteiger partial charge on any atom is 0.218 e. The van der Waals surface area contributed by atoms with Crippen LogP contribution in [0.2, 0.25) is 5.02 Å². The van der Waals surface area contributed by atoms with Crippen LogP contribution in [0, 0.1) is 5.82 Å². The van der Waals surface area contributed by atoms with Gasteiger partial charge in [0.15, 0.2) is 11.6 Å². The number of nitrogens with two attached hydrogens (primary N) is 1. The van der Waals surface area contributed by atoms with Gasteiger partial charge in [0.2, 0.25) is 5.91 Å². The number of ether oxygens (including phenoxy) is 1. The molecule has 0 bridgehead atoms. The number of para-hydroxylation sites is 1. The summed E-state index contributed by atoms with van der Waals surface area (Å²) in [7, 11) is 0. The van der Waals surface area contributed by atoms with Gasteiger partial charge in [-0.1, -0.05) is 49.2 Å². The summed E-state index contributed by atoms with van der Waals surface area (Å²) in [4.78, 5) is 11.1. The highest BCUT2D eigenvalue weighted by atomic mass is 35.5. The van der Waals surface area contributed by atoms with Gasteiger partial charge < -0.3 is 15.8 Å². The molecule has 3 N–H and O–H groups in total. The molecule has 0 radical (unpaired) electrons. The van der Waals surface area contributed by atoms with Gasteiger partial charge >= 0.3 is 0 Å². The largest absolute Gasteiger partial charge is 0.453 e. The van der Waals surface area contributed by atoms with Crippen molar-refractivity contribution >= 4 is 17.5 Å². The van der Waals surface area contributed by atoms with Crippen LogP contribution in [0.3, 0.4) is 0 Å². The lowest BCUT2D eigenvalue weighted by Gasteiger charge is -2.24. The van der Waals surface area contributed by atoms with E-state index in [0.717, 1.165) is 6.42 Å². The Morgan fingerprint density at radius 1 is 1.27 bits per heavy atom. The number of nitrogens with one attached hydrogen (secondary N) is 1. The molecule has 0 aliphatic carbocycles. The number of halogens is 2. The molecule has 1 amide bonds. The molecule has 0 heterocycles. The van der Waals surface area contributed by atoms with Crippen molar-refractivity contribution in [3.05, 3.63) is 58.9 Å². The summed E-state index contributed by atoms with van der Waals surface area (Å²) in [5.41, 5.74) is 5.71. The van der Waals surface area contributed by atoms with Gasteiger partial charge in [-0.25, -0.2) is 4.39 Å². The molecule has 4 nitrogen and oxygen atoms in total. The highest BCUT2D eigenvalue weighted by Crippen LogP contribution is 2.36. The molecule has 2 aromatic rings. The number of rotatable bonds is 9. The second-order valence-electron chi connectivity index (χ2n) is 6.27. The fraction of sp³-hybridized carbons (Fsp3) is 0.350. The lowest BCUT2D eigenvalue weighted by Crippen LogP contribution is -2.34. The number of carbonyl (C=O) groups is 1. The highest BCUT2D eigenvalue weighted by Gasteiger charge is 2.22. The zero-order valence-electron chi connectivity index (χ0n) is 15.0. The van der Waals surface area contributed by atoms with E-state index in [0.29, 0.717) is 17.7 Å². The fourth-order valence-electron chi connectivity index (χ4n) is 2.84. The second-order valence-corrected chi connectivity index (χ2v) is 6.68. The molecule has 2 atom stereocenters. The fourth-order valence-corrected chi connectivity index (χ4v) is 3.02. The smallest absolute Gasteiger partial charge is 0.218 e. The van der Waals surface area contributed by atoms with Gasteiger partial charge in [-0.05, 0) is 31.5 Å². The van der Waals surface area contributed by atoms with Crippen molar-refractivity contribution in [3.8, 4) is 11.5 Å². The van der Waals surface area contributed by atoms with E-state index in [-0.39, 0.29) is 29.3 Å². The number of primary amides is 1. The van der Waals surface area contributed by atoms with Crippen molar-refractivity contribution in [3.63, 3.8) is 0 Å². The van der Waals surface area contributed by atoms with Crippen LogP contribution in [0.5, 0.6) is 11.5 Å². The van der Waals surface area contributed by atoms with E-state index in [4.69, 9.17) is 22.1 Å². The molecular formula is C20H24ClFN2O2. The predicted molar refractivity (Wildman–Crippen MR) is 102 cm³/mol. The standard InChI is InChI=1S/C20H24ClFN2O2/c1-3-7-17(24-13(2)12-18(23)25)15-10-11-16(21)20(19(15)22)26-14-8-5-4-6-9-14/h4-6,8-11,13,17,24H,3,7,12H2,1-2H3,(H2,23,25)/t13-,17-/m1/s1. The maximum absolute atomic E-state index is 15.2. The van der Waals surface area contributed by atoms with Crippen LogP contribution in [0.4, 0.5) is 4.39 Å². The van der Waals surface area contributed by atoms with Crippen LogP contribution in [0.25, 0.3) is 0 Å². The Morgan fingerprint density at radius 2 is 1.96 bits per heavy atom. The first-order chi connectivity index (χ1) is 12.4. The third kappa shape index (κ3) is 5.44. The van der Waals surface area contributed by atoms with E-state index in [1.165, 1.54) is 0 Å². The third-order valence-corrected chi connectivity index (χ3v) is 4.29. The minimum atomic E-state index is -0.501.